The number of aryl methyl sites for hydroxylation is 1. The highest BCUT2D eigenvalue weighted by atomic mass is 16.5. The quantitative estimate of drug-likeness (QED) is 0.695. The lowest BCUT2D eigenvalue weighted by Gasteiger charge is -2.08. The first-order valence-electron chi connectivity index (χ1n) is 3.97. The fourth-order valence-corrected chi connectivity index (χ4v) is 1.09. The fraction of sp³-hybridized carbons (Fsp3) is 0.300. The molecule has 0 fully saturated rings. The van der Waals surface area contributed by atoms with Crippen LogP contribution in [0.4, 0.5) is 0 Å². The van der Waals surface area contributed by atoms with Crippen molar-refractivity contribution >= 4 is 5.97 Å². The summed E-state index contributed by atoms with van der Waals surface area (Å²) in [5.74, 6) is -0.634. The second kappa shape index (κ2) is 4.05. The molecule has 0 saturated carbocycles. The van der Waals surface area contributed by atoms with Gasteiger partial charge in [-0.3, -0.25) is 0 Å². The van der Waals surface area contributed by atoms with E-state index in [1.165, 1.54) is 7.11 Å². The zero-order chi connectivity index (χ0) is 9.84. The van der Waals surface area contributed by atoms with Crippen LogP contribution in [0.2, 0.25) is 0 Å². The minimum atomic E-state index is -1.18. The minimum Gasteiger partial charge on any atom is -0.467 e. The number of hydrogen-bond donors (Lipinski definition) is 1. The molecule has 70 valence electrons. The van der Waals surface area contributed by atoms with Gasteiger partial charge in [0.2, 0.25) is 0 Å². The number of carbonyl (C=O) groups is 1. The first kappa shape index (κ1) is 9.74. The van der Waals surface area contributed by atoms with Crippen LogP contribution in [-0.2, 0) is 9.53 Å². The number of aliphatic hydroxyl groups is 1. The maximum absolute atomic E-state index is 11.0. The summed E-state index contributed by atoms with van der Waals surface area (Å²) in [6, 6.07) is 7.13. The Morgan fingerprint density at radius 3 is 2.77 bits per heavy atom. The summed E-state index contributed by atoms with van der Waals surface area (Å²) in [7, 11) is 1.25. The molecule has 0 heterocycles. The maximum Gasteiger partial charge on any atom is 0.339 e. The molecule has 0 unspecified atom stereocenters. The summed E-state index contributed by atoms with van der Waals surface area (Å²) in [5, 5.41) is 9.44. The van der Waals surface area contributed by atoms with Gasteiger partial charge in [0, 0.05) is 0 Å². The van der Waals surface area contributed by atoms with Gasteiger partial charge in [-0.2, -0.15) is 0 Å². The van der Waals surface area contributed by atoms with Crippen molar-refractivity contribution in [3.63, 3.8) is 0 Å². The Bertz CT molecular complexity index is 307. The van der Waals surface area contributed by atoms with E-state index in [4.69, 9.17) is 0 Å². The molecule has 0 aliphatic rings. The molecule has 1 aromatic rings. The first-order valence-corrected chi connectivity index (χ1v) is 3.97. The van der Waals surface area contributed by atoms with E-state index in [9.17, 15) is 9.90 Å². The third-order valence-electron chi connectivity index (χ3n) is 1.78. The Labute approximate surface area is 77.0 Å². The molecule has 3 heteroatoms. The van der Waals surface area contributed by atoms with Crippen molar-refractivity contribution in [1.82, 2.24) is 0 Å². The van der Waals surface area contributed by atoms with E-state index in [-0.39, 0.29) is 0 Å². The van der Waals surface area contributed by atoms with Gasteiger partial charge < -0.3 is 9.84 Å². The summed E-state index contributed by atoms with van der Waals surface area (Å²) < 4.78 is 4.42. The summed E-state index contributed by atoms with van der Waals surface area (Å²) in [4.78, 5) is 11.0. The number of esters is 1. The van der Waals surface area contributed by atoms with Crippen LogP contribution in [-0.4, -0.2) is 18.2 Å². The monoisotopic (exact) mass is 180 g/mol. The van der Waals surface area contributed by atoms with E-state index in [0.29, 0.717) is 5.56 Å². The van der Waals surface area contributed by atoms with Gasteiger partial charge in [0.25, 0.3) is 0 Å². The zero-order valence-corrected chi connectivity index (χ0v) is 7.65. The fourth-order valence-electron chi connectivity index (χ4n) is 1.09. The van der Waals surface area contributed by atoms with Gasteiger partial charge in [-0.05, 0) is 12.5 Å². The Hall–Kier alpha value is -1.35. The molecule has 0 saturated heterocycles. The van der Waals surface area contributed by atoms with Gasteiger partial charge in [0.15, 0.2) is 6.10 Å². The standard InChI is InChI=1S/C10H12O3/c1-7-4-3-5-8(6-7)9(11)10(12)13-2/h3-6,9,11H,1-2H3/t9-/m0/s1. The minimum absolute atomic E-state index is 0.562. The van der Waals surface area contributed by atoms with Crippen LogP contribution >= 0.6 is 0 Å². The molecule has 0 aliphatic heterocycles. The first-order chi connectivity index (χ1) is 6.15. The van der Waals surface area contributed by atoms with Crippen molar-refractivity contribution < 1.29 is 14.6 Å². The molecule has 0 aromatic heterocycles. The van der Waals surface area contributed by atoms with Crippen LogP contribution in [0, 0.1) is 6.92 Å². The highest BCUT2D eigenvalue weighted by Gasteiger charge is 2.17. The number of benzene rings is 1. The van der Waals surface area contributed by atoms with Crippen molar-refractivity contribution in [2.75, 3.05) is 7.11 Å². The molecule has 0 radical (unpaired) electrons. The van der Waals surface area contributed by atoms with Crippen LogP contribution in [0.5, 0.6) is 0 Å². The van der Waals surface area contributed by atoms with Crippen molar-refractivity contribution in [1.29, 1.82) is 0 Å². The Morgan fingerprint density at radius 2 is 2.23 bits per heavy atom. The van der Waals surface area contributed by atoms with Gasteiger partial charge in [-0.25, -0.2) is 4.79 Å². The van der Waals surface area contributed by atoms with E-state index < -0.39 is 12.1 Å². The van der Waals surface area contributed by atoms with E-state index >= 15 is 0 Å². The van der Waals surface area contributed by atoms with Crippen LogP contribution in [0.25, 0.3) is 0 Å². The van der Waals surface area contributed by atoms with Crippen molar-refractivity contribution in [3.05, 3.63) is 35.4 Å². The van der Waals surface area contributed by atoms with Crippen molar-refractivity contribution in [2.45, 2.75) is 13.0 Å². The lowest BCUT2D eigenvalue weighted by molar-refractivity contribution is -0.150. The van der Waals surface area contributed by atoms with Crippen molar-refractivity contribution in [2.24, 2.45) is 0 Å². The molecule has 13 heavy (non-hydrogen) atoms. The van der Waals surface area contributed by atoms with Gasteiger partial charge in [0.1, 0.15) is 0 Å². The normalized spacial score (nSPS) is 12.2. The van der Waals surface area contributed by atoms with Crippen LogP contribution in [0.15, 0.2) is 24.3 Å². The SMILES string of the molecule is COC(=O)[C@@H](O)c1cccc(C)c1. The molecule has 3 nitrogen and oxygen atoms in total. The average molecular weight is 180 g/mol. The highest BCUT2D eigenvalue weighted by molar-refractivity contribution is 5.76. The topological polar surface area (TPSA) is 46.5 Å². The molecule has 1 atom stereocenters. The molecule has 1 rings (SSSR count). The number of hydrogen-bond acceptors (Lipinski definition) is 3. The summed E-state index contributed by atoms with van der Waals surface area (Å²) in [6.45, 7) is 1.90. The molecule has 0 bridgehead atoms. The van der Waals surface area contributed by atoms with E-state index in [1.54, 1.807) is 18.2 Å². The maximum atomic E-state index is 11.0. The molecular weight excluding hydrogens is 168 g/mol. The average Bonchev–Trinajstić information content (AvgIpc) is 2.15. The van der Waals surface area contributed by atoms with E-state index in [2.05, 4.69) is 4.74 Å². The largest absolute Gasteiger partial charge is 0.467 e. The molecular formula is C10H12O3. The third kappa shape index (κ3) is 2.29. The zero-order valence-electron chi connectivity index (χ0n) is 7.65. The van der Waals surface area contributed by atoms with Gasteiger partial charge in [0.05, 0.1) is 7.11 Å². The molecule has 0 spiro atoms. The second-order valence-corrected chi connectivity index (χ2v) is 2.84. The highest BCUT2D eigenvalue weighted by Crippen LogP contribution is 2.15. The number of ether oxygens (including phenoxy) is 1. The molecule has 0 aliphatic carbocycles. The van der Waals surface area contributed by atoms with Gasteiger partial charge >= 0.3 is 5.97 Å². The summed E-state index contributed by atoms with van der Waals surface area (Å²) >= 11 is 0. The lowest BCUT2D eigenvalue weighted by atomic mass is 10.1. The van der Waals surface area contributed by atoms with Gasteiger partial charge in [-0.15, -0.1) is 0 Å². The summed E-state index contributed by atoms with van der Waals surface area (Å²) in [6.07, 6.45) is -1.18. The van der Waals surface area contributed by atoms with E-state index in [0.717, 1.165) is 5.56 Å². The number of rotatable bonds is 2. The van der Waals surface area contributed by atoms with Crippen LogP contribution in [0.1, 0.15) is 17.2 Å². The number of aliphatic hydroxyl groups excluding tert-OH is 1. The Morgan fingerprint density at radius 1 is 1.54 bits per heavy atom. The number of carbonyl (C=O) groups excluding carboxylic acids is 1. The Balaban J connectivity index is 2.88. The van der Waals surface area contributed by atoms with Crippen molar-refractivity contribution in [3.8, 4) is 0 Å². The van der Waals surface area contributed by atoms with Crippen LogP contribution in [0.3, 0.4) is 0 Å². The van der Waals surface area contributed by atoms with Crippen LogP contribution < -0.4 is 0 Å². The molecule has 1 N–H and O–H groups in total. The smallest absolute Gasteiger partial charge is 0.339 e. The Kier molecular flexibility index (Phi) is 3.03. The lowest BCUT2D eigenvalue weighted by Crippen LogP contribution is -2.13. The van der Waals surface area contributed by atoms with E-state index in [1.807, 2.05) is 13.0 Å². The molecule has 1 aromatic carbocycles. The number of methoxy groups -OCH3 is 1. The summed E-state index contributed by atoms with van der Waals surface area (Å²) in [5.41, 5.74) is 1.56. The molecule has 0 amide bonds. The predicted octanol–water partition coefficient (Wildman–Crippen LogP) is 1.20. The third-order valence-corrected chi connectivity index (χ3v) is 1.78. The van der Waals surface area contributed by atoms with Gasteiger partial charge in [-0.1, -0.05) is 29.8 Å². The predicted molar refractivity (Wildman–Crippen MR) is 48.2 cm³/mol. The second-order valence-electron chi connectivity index (χ2n) is 2.84.